The minimum absolute atomic E-state index is 0.00945. The molecule has 1 aromatic heterocycles. The maximum Gasteiger partial charge on any atom is 0.337 e. The zero-order valence-electron chi connectivity index (χ0n) is 21.1. The van der Waals surface area contributed by atoms with Crippen LogP contribution in [0.25, 0.3) is 11.8 Å². The van der Waals surface area contributed by atoms with E-state index in [2.05, 4.69) is 5.32 Å². The minimum Gasteiger partial charge on any atom is -0.465 e. The highest BCUT2D eigenvalue weighted by atomic mass is 32.1. The summed E-state index contributed by atoms with van der Waals surface area (Å²) in [4.78, 5) is 39.9. The van der Waals surface area contributed by atoms with E-state index in [9.17, 15) is 14.4 Å². The van der Waals surface area contributed by atoms with Crippen LogP contribution in [0.1, 0.15) is 44.0 Å². The average molecular weight is 502 g/mol. The molecule has 3 aromatic rings. The maximum atomic E-state index is 13.5. The molecule has 8 heteroatoms. The van der Waals surface area contributed by atoms with Crippen LogP contribution < -0.4 is 10.2 Å². The van der Waals surface area contributed by atoms with Gasteiger partial charge in [-0.2, -0.15) is 0 Å². The fraction of sp³-hybridized carbons (Fsp3) is 0.214. The van der Waals surface area contributed by atoms with Crippen molar-refractivity contribution in [3.05, 3.63) is 87.2 Å². The molecule has 1 aliphatic rings. The van der Waals surface area contributed by atoms with Crippen molar-refractivity contribution in [2.75, 3.05) is 12.0 Å². The molecule has 36 heavy (non-hydrogen) atoms. The number of nitrogens with one attached hydrogen (secondary N) is 1. The third kappa shape index (κ3) is 4.35. The van der Waals surface area contributed by atoms with Crippen molar-refractivity contribution < 1.29 is 19.1 Å². The Morgan fingerprint density at radius 3 is 2.31 bits per heavy atom. The fourth-order valence-corrected chi connectivity index (χ4v) is 4.67. The van der Waals surface area contributed by atoms with Gasteiger partial charge >= 0.3 is 5.97 Å². The largest absolute Gasteiger partial charge is 0.465 e. The van der Waals surface area contributed by atoms with Crippen molar-refractivity contribution in [3.63, 3.8) is 0 Å². The number of hydrogen-bond acceptors (Lipinski definition) is 5. The second-order valence-electron chi connectivity index (χ2n) is 8.90. The monoisotopic (exact) mass is 501 g/mol. The van der Waals surface area contributed by atoms with E-state index in [0.717, 1.165) is 33.8 Å². The summed E-state index contributed by atoms with van der Waals surface area (Å²) in [7, 11) is 1.34. The summed E-state index contributed by atoms with van der Waals surface area (Å²) >= 11 is 5.36. The van der Waals surface area contributed by atoms with E-state index in [1.165, 1.54) is 12.0 Å². The number of carbonyl (C=O) groups excluding carboxylic acids is 3. The Balaban J connectivity index is 1.80. The molecule has 1 fully saturated rings. The first-order valence-corrected chi connectivity index (χ1v) is 11.8. The Hall–Kier alpha value is -4.04. The third-order valence-electron chi connectivity index (χ3n) is 6.35. The van der Waals surface area contributed by atoms with E-state index >= 15 is 0 Å². The molecule has 1 N–H and O–H groups in total. The predicted molar refractivity (Wildman–Crippen MR) is 143 cm³/mol. The van der Waals surface area contributed by atoms with Gasteiger partial charge in [0.25, 0.3) is 11.8 Å². The standard InChI is InChI=1S/C28H27N3O4S/c1-15-7-8-16(2)23(11-15)31-26(33)22(25(32)29-28(31)36)13-21-12-18(4)30(19(21)5)24-14-20(27(34)35-6)10-9-17(24)3/h7-14H,1-6H3,(H,29,32,36)/b22-13+. The normalized spacial score (nSPS) is 14.9. The molecule has 0 spiro atoms. The number of anilines is 1. The van der Waals surface area contributed by atoms with Gasteiger partial charge in [0.15, 0.2) is 5.11 Å². The van der Waals surface area contributed by atoms with Gasteiger partial charge in [0.1, 0.15) is 5.57 Å². The molecular weight excluding hydrogens is 474 g/mol. The second kappa shape index (κ2) is 9.54. The van der Waals surface area contributed by atoms with E-state index < -0.39 is 17.8 Å². The molecule has 2 aromatic carbocycles. The van der Waals surface area contributed by atoms with Gasteiger partial charge in [0, 0.05) is 17.1 Å². The smallest absolute Gasteiger partial charge is 0.337 e. The van der Waals surface area contributed by atoms with Crippen molar-refractivity contribution in [3.8, 4) is 5.69 Å². The van der Waals surface area contributed by atoms with E-state index in [0.29, 0.717) is 16.8 Å². The lowest BCUT2D eigenvalue weighted by Gasteiger charge is -2.30. The van der Waals surface area contributed by atoms with Gasteiger partial charge in [0.2, 0.25) is 0 Å². The molecule has 7 nitrogen and oxygen atoms in total. The molecule has 0 radical (unpaired) electrons. The van der Waals surface area contributed by atoms with E-state index in [1.54, 1.807) is 18.2 Å². The van der Waals surface area contributed by atoms with E-state index in [-0.39, 0.29) is 10.7 Å². The minimum atomic E-state index is -0.541. The number of thiocarbonyl (C=S) groups is 1. The van der Waals surface area contributed by atoms with Crippen LogP contribution in [0.4, 0.5) is 5.69 Å². The van der Waals surface area contributed by atoms with Crippen molar-refractivity contribution in [1.82, 2.24) is 9.88 Å². The van der Waals surface area contributed by atoms with Gasteiger partial charge < -0.3 is 9.30 Å². The number of carbonyl (C=O) groups is 3. The van der Waals surface area contributed by atoms with Gasteiger partial charge in [-0.15, -0.1) is 0 Å². The van der Waals surface area contributed by atoms with Gasteiger partial charge in [0.05, 0.1) is 18.4 Å². The van der Waals surface area contributed by atoms with Crippen LogP contribution in [0.5, 0.6) is 0 Å². The van der Waals surface area contributed by atoms with Crippen LogP contribution in [-0.2, 0) is 14.3 Å². The second-order valence-corrected chi connectivity index (χ2v) is 9.29. The first kappa shape index (κ1) is 25.1. The van der Waals surface area contributed by atoms with Crippen molar-refractivity contribution in [2.45, 2.75) is 34.6 Å². The third-order valence-corrected chi connectivity index (χ3v) is 6.63. The average Bonchev–Trinajstić information content (AvgIpc) is 3.11. The van der Waals surface area contributed by atoms with E-state index in [4.69, 9.17) is 17.0 Å². The molecule has 0 atom stereocenters. The Morgan fingerprint density at radius 2 is 1.61 bits per heavy atom. The highest BCUT2D eigenvalue weighted by molar-refractivity contribution is 7.80. The van der Waals surface area contributed by atoms with Crippen LogP contribution in [0.2, 0.25) is 0 Å². The highest BCUT2D eigenvalue weighted by Crippen LogP contribution is 2.29. The number of ether oxygens (including phenoxy) is 1. The summed E-state index contributed by atoms with van der Waals surface area (Å²) < 4.78 is 6.87. The van der Waals surface area contributed by atoms with Gasteiger partial charge in [-0.3, -0.25) is 19.8 Å². The summed E-state index contributed by atoms with van der Waals surface area (Å²) in [6.45, 7) is 9.61. The lowest BCUT2D eigenvalue weighted by Crippen LogP contribution is -2.54. The molecular formula is C28H27N3O4S. The van der Waals surface area contributed by atoms with Crippen molar-refractivity contribution in [2.24, 2.45) is 0 Å². The topological polar surface area (TPSA) is 80.6 Å². The van der Waals surface area contributed by atoms with Crippen LogP contribution in [-0.4, -0.2) is 34.6 Å². The van der Waals surface area contributed by atoms with Crippen LogP contribution in [0.15, 0.2) is 48.0 Å². The molecule has 184 valence electrons. The van der Waals surface area contributed by atoms with E-state index in [1.807, 2.05) is 69.5 Å². The fourth-order valence-electron chi connectivity index (χ4n) is 4.39. The summed E-state index contributed by atoms with van der Waals surface area (Å²) in [5, 5.41) is 2.71. The Kier molecular flexibility index (Phi) is 6.65. The van der Waals surface area contributed by atoms with Crippen LogP contribution >= 0.6 is 12.2 Å². The number of methoxy groups -OCH3 is 1. The molecule has 0 saturated carbocycles. The Morgan fingerprint density at radius 1 is 0.944 bits per heavy atom. The summed E-state index contributed by atoms with van der Waals surface area (Å²) in [6, 6.07) is 13.0. The summed E-state index contributed by atoms with van der Waals surface area (Å²) in [5.74, 6) is -1.45. The number of benzene rings is 2. The van der Waals surface area contributed by atoms with Gasteiger partial charge in [-0.25, -0.2) is 4.79 Å². The number of aromatic nitrogens is 1. The number of aryl methyl sites for hydroxylation is 4. The SMILES string of the molecule is COC(=O)c1ccc(C)c(-n2c(C)cc(/C=C3\C(=O)NC(=S)N(c4cc(C)ccc4C)C3=O)c2C)c1. The first-order valence-electron chi connectivity index (χ1n) is 11.4. The number of esters is 1. The Bertz CT molecular complexity index is 1480. The van der Waals surface area contributed by atoms with Gasteiger partial charge in [-0.05, 0) is 99.4 Å². The van der Waals surface area contributed by atoms with Crippen LogP contribution in [0, 0.1) is 34.6 Å². The first-order chi connectivity index (χ1) is 17.0. The maximum absolute atomic E-state index is 13.5. The Labute approximate surface area is 215 Å². The lowest BCUT2D eigenvalue weighted by molar-refractivity contribution is -0.122. The summed E-state index contributed by atoms with van der Waals surface area (Å²) in [5.41, 5.74) is 7.09. The zero-order chi connectivity index (χ0) is 26.3. The molecule has 2 heterocycles. The number of amides is 2. The molecule has 2 amide bonds. The lowest BCUT2D eigenvalue weighted by atomic mass is 10.0. The predicted octanol–water partition coefficient (Wildman–Crippen LogP) is 4.64. The van der Waals surface area contributed by atoms with Gasteiger partial charge in [-0.1, -0.05) is 18.2 Å². The molecule has 0 bridgehead atoms. The number of nitrogens with zero attached hydrogens (tertiary/aromatic N) is 2. The highest BCUT2D eigenvalue weighted by Gasteiger charge is 2.35. The quantitative estimate of drug-likeness (QED) is 0.244. The van der Waals surface area contributed by atoms with Crippen molar-refractivity contribution in [1.29, 1.82) is 0 Å². The molecule has 0 aliphatic carbocycles. The molecule has 0 unspecified atom stereocenters. The van der Waals surface area contributed by atoms with Crippen LogP contribution in [0.3, 0.4) is 0 Å². The van der Waals surface area contributed by atoms with Crippen molar-refractivity contribution >= 4 is 46.9 Å². The molecule has 1 aliphatic heterocycles. The molecule has 4 rings (SSSR count). The molecule has 1 saturated heterocycles. The zero-order valence-corrected chi connectivity index (χ0v) is 21.9. The number of hydrogen-bond donors (Lipinski definition) is 1. The number of rotatable bonds is 4. The summed E-state index contributed by atoms with van der Waals surface area (Å²) in [6.07, 6.45) is 1.59.